The number of carbonyl (C=O) groups excluding carboxylic acids is 3. The molecule has 0 atom stereocenters. The van der Waals surface area contributed by atoms with E-state index in [-0.39, 0.29) is 36.3 Å². The van der Waals surface area contributed by atoms with Crippen molar-refractivity contribution in [2.24, 2.45) is 0 Å². The Labute approximate surface area is 160 Å². The minimum absolute atomic E-state index is 0.0571. The molecular weight excluding hydrogens is 348 g/mol. The summed E-state index contributed by atoms with van der Waals surface area (Å²) in [7, 11) is 1.50. The van der Waals surface area contributed by atoms with Crippen LogP contribution in [0.3, 0.4) is 0 Å². The summed E-state index contributed by atoms with van der Waals surface area (Å²) in [5.74, 6) is -0.147. The van der Waals surface area contributed by atoms with E-state index in [1.165, 1.54) is 14.0 Å². The van der Waals surface area contributed by atoms with Crippen molar-refractivity contribution >= 4 is 29.1 Å². The maximum atomic E-state index is 12.4. The summed E-state index contributed by atoms with van der Waals surface area (Å²) < 4.78 is 5.25. The average molecular weight is 378 g/mol. The molecule has 0 aliphatic rings. The van der Waals surface area contributed by atoms with Gasteiger partial charge < -0.3 is 20.7 Å². The van der Waals surface area contributed by atoms with Gasteiger partial charge in [-0.1, -0.05) is 6.92 Å². The third kappa shape index (κ3) is 8.54. The SMILES string of the molecule is CCN(CC(=O)Nc1cc(NC(C)=O)ccc1OC)CC(=O)NC(C)(C)C. The normalized spacial score (nSPS) is 11.1. The van der Waals surface area contributed by atoms with Crippen LogP contribution in [0, 0.1) is 0 Å². The summed E-state index contributed by atoms with van der Waals surface area (Å²) >= 11 is 0. The molecule has 0 spiro atoms. The number of nitrogens with zero attached hydrogens (tertiary/aromatic N) is 1. The van der Waals surface area contributed by atoms with Gasteiger partial charge >= 0.3 is 0 Å². The lowest BCUT2D eigenvalue weighted by Crippen LogP contribution is -2.47. The van der Waals surface area contributed by atoms with Gasteiger partial charge in [0, 0.05) is 18.2 Å². The van der Waals surface area contributed by atoms with Crippen molar-refractivity contribution in [3.05, 3.63) is 18.2 Å². The maximum absolute atomic E-state index is 12.4. The first-order chi connectivity index (χ1) is 12.5. The Morgan fingerprint density at radius 3 is 2.22 bits per heavy atom. The van der Waals surface area contributed by atoms with Gasteiger partial charge in [-0.2, -0.15) is 0 Å². The summed E-state index contributed by atoms with van der Waals surface area (Å²) in [6.07, 6.45) is 0. The van der Waals surface area contributed by atoms with Crippen molar-refractivity contribution < 1.29 is 19.1 Å². The van der Waals surface area contributed by atoms with Gasteiger partial charge in [-0.05, 0) is 45.5 Å². The summed E-state index contributed by atoms with van der Waals surface area (Å²) in [6.45, 7) is 9.74. The summed E-state index contributed by atoms with van der Waals surface area (Å²) in [4.78, 5) is 37.4. The number of hydrogen-bond donors (Lipinski definition) is 3. The van der Waals surface area contributed by atoms with Crippen LogP contribution in [0.25, 0.3) is 0 Å². The second-order valence-electron chi connectivity index (χ2n) is 7.25. The molecule has 150 valence electrons. The predicted molar refractivity (Wildman–Crippen MR) is 106 cm³/mol. The van der Waals surface area contributed by atoms with Gasteiger partial charge in [-0.25, -0.2) is 0 Å². The maximum Gasteiger partial charge on any atom is 0.238 e. The van der Waals surface area contributed by atoms with E-state index in [0.717, 1.165) is 0 Å². The third-order valence-corrected chi connectivity index (χ3v) is 3.49. The molecule has 0 bridgehead atoms. The van der Waals surface area contributed by atoms with Crippen LogP contribution in [0.15, 0.2) is 18.2 Å². The standard InChI is InChI=1S/C19H30N4O4/c1-7-23(12-18(26)22-19(3,4)5)11-17(25)21-15-10-14(20-13(2)24)8-9-16(15)27-6/h8-10H,7,11-12H2,1-6H3,(H,20,24)(H,21,25)(H,22,26). The third-order valence-electron chi connectivity index (χ3n) is 3.49. The van der Waals surface area contributed by atoms with E-state index >= 15 is 0 Å². The zero-order chi connectivity index (χ0) is 20.6. The van der Waals surface area contributed by atoms with Crippen LogP contribution >= 0.6 is 0 Å². The van der Waals surface area contributed by atoms with Crippen molar-refractivity contribution in [2.45, 2.75) is 40.2 Å². The van der Waals surface area contributed by atoms with Crippen molar-refractivity contribution in [3.63, 3.8) is 0 Å². The molecule has 0 radical (unpaired) electrons. The second kappa shape index (κ2) is 9.91. The number of hydrogen-bond acceptors (Lipinski definition) is 5. The number of carbonyl (C=O) groups is 3. The van der Waals surface area contributed by atoms with E-state index in [1.807, 2.05) is 27.7 Å². The number of likely N-dealkylation sites (N-methyl/N-ethyl adjacent to an activating group) is 1. The van der Waals surface area contributed by atoms with Crippen LogP contribution in [0.4, 0.5) is 11.4 Å². The fourth-order valence-corrected chi connectivity index (χ4v) is 2.42. The topological polar surface area (TPSA) is 99.8 Å². The van der Waals surface area contributed by atoms with Crippen LogP contribution < -0.4 is 20.7 Å². The Morgan fingerprint density at radius 1 is 1.07 bits per heavy atom. The van der Waals surface area contributed by atoms with Gasteiger partial charge in [0.1, 0.15) is 5.75 Å². The molecule has 0 aromatic heterocycles. The van der Waals surface area contributed by atoms with E-state index in [2.05, 4.69) is 16.0 Å². The molecule has 3 amide bonds. The lowest BCUT2D eigenvalue weighted by molar-refractivity contribution is -0.124. The van der Waals surface area contributed by atoms with Crippen LogP contribution in [0.5, 0.6) is 5.75 Å². The minimum atomic E-state index is -0.323. The Balaban J connectivity index is 2.76. The van der Waals surface area contributed by atoms with E-state index in [0.29, 0.717) is 23.7 Å². The van der Waals surface area contributed by atoms with Crippen LogP contribution in [-0.2, 0) is 14.4 Å². The number of ether oxygens (including phenoxy) is 1. The van der Waals surface area contributed by atoms with Gasteiger partial charge in [-0.15, -0.1) is 0 Å². The zero-order valence-electron chi connectivity index (χ0n) is 16.9. The molecule has 0 unspecified atom stereocenters. The number of benzene rings is 1. The molecule has 0 aliphatic carbocycles. The fourth-order valence-electron chi connectivity index (χ4n) is 2.42. The van der Waals surface area contributed by atoms with Crippen LogP contribution in [0.2, 0.25) is 0 Å². The second-order valence-corrected chi connectivity index (χ2v) is 7.25. The minimum Gasteiger partial charge on any atom is -0.495 e. The summed E-state index contributed by atoms with van der Waals surface area (Å²) in [5.41, 5.74) is 0.676. The summed E-state index contributed by atoms with van der Waals surface area (Å²) in [5, 5.41) is 8.31. The highest BCUT2D eigenvalue weighted by Crippen LogP contribution is 2.27. The molecule has 1 aromatic carbocycles. The molecule has 27 heavy (non-hydrogen) atoms. The van der Waals surface area contributed by atoms with E-state index in [1.54, 1.807) is 23.1 Å². The number of methoxy groups -OCH3 is 1. The van der Waals surface area contributed by atoms with Crippen molar-refractivity contribution in [1.82, 2.24) is 10.2 Å². The van der Waals surface area contributed by atoms with Crippen molar-refractivity contribution in [2.75, 3.05) is 37.4 Å². The molecule has 1 aromatic rings. The number of rotatable bonds is 8. The quantitative estimate of drug-likeness (QED) is 0.641. The molecule has 0 fully saturated rings. The molecule has 0 saturated carbocycles. The molecule has 3 N–H and O–H groups in total. The van der Waals surface area contributed by atoms with Gasteiger partial charge in [0.15, 0.2) is 0 Å². The zero-order valence-corrected chi connectivity index (χ0v) is 16.9. The van der Waals surface area contributed by atoms with Crippen LogP contribution in [-0.4, -0.2) is 54.9 Å². The van der Waals surface area contributed by atoms with E-state index < -0.39 is 0 Å². The van der Waals surface area contributed by atoms with Gasteiger partial charge in [-0.3, -0.25) is 19.3 Å². The molecular formula is C19H30N4O4. The Kier molecular flexibility index (Phi) is 8.24. The number of amides is 3. The van der Waals surface area contributed by atoms with Gasteiger partial charge in [0.25, 0.3) is 0 Å². The Morgan fingerprint density at radius 2 is 1.70 bits per heavy atom. The monoisotopic (exact) mass is 378 g/mol. The van der Waals surface area contributed by atoms with Gasteiger partial charge in [0.2, 0.25) is 17.7 Å². The highest BCUT2D eigenvalue weighted by atomic mass is 16.5. The smallest absolute Gasteiger partial charge is 0.238 e. The lowest BCUT2D eigenvalue weighted by atomic mass is 10.1. The van der Waals surface area contributed by atoms with Crippen molar-refractivity contribution in [3.8, 4) is 5.75 Å². The lowest BCUT2D eigenvalue weighted by Gasteiger charge is -2.24. The first kappa shape index (κ1) is 22.4. The predicted octanol–water partition coefficient (Wildman–Crippen LogP) is 1.83. The molecule has 0 aliphatic heterocycles. The fraction of sp³-hybridized carbons (Fsp3) is 0.526. The molecule has 0 saturated heterocycles. The first-order valence-corrected chi connectivity index (χ1v) is 8.83. The molecule has 0 heterocycles. The average Bonchev–Trinajstić information content (AvgIpc) is 2.52. The van der Waals surface area contributed by atoms with E-state index in [4.69, 9.17) is 4.74 Å². The molecule has 8 nitrogen and oxygen atoms in total. The van der Waals surface area contributed by atoms with E-state index in [9.17, 15) is 14.4 Å². The largest absolute Gasteiger partial charge is 0.495 e. The van der Waals surface area contributed by atoms with Crippen LogP contribution in [0.1, 0.15) is 34.6 Å². The number of anilines is 2. The Hall–Kier alpha value is -2.61. The highest BCUT2D eigenvalue weighted by molar-refractivity contribution is 5.96. The Bertz CT molecular complexity index is 683. The molecule has 1 rings (SSSR count). The van der Waals surface area contributed by atoms with Crippen molar-refractivity contribution in [1.29, 1.82) is 0 Å². The first-order valence-electron chi connectivity index (χ1n) is 8.83. The van der Waals surface area contributed by atoms with Gasteiger partial charge in [0.05, 0.1) is 25.9 Å². The highest BCUT2D eigenvalue weighted by Gasteiger charge is 2.18. The molecule has 8 heteroatoms. The summed E-state index contributed by atoms with van der Waals surface area (Å²) in [6, 6.07) is 4.97. The number of nitrogens with one attached hydrogen (secondary N) is 3.